The highest BCUT2D eigenvalue weighted by Gasteiger charge is 2.23. The third-order valence-corrected chi connectivity index (χ3v) is 3.90. The van der Waals surface area contributed by atoms with Crippen LogP contribution in [0.25, 0.3) is 0 Å². The zero-order valence-electron chi connectivity index (χ0n) is 11.0. The van der Waals surface area contributed by atoms with Crippen LogP contribution in [0, 0.1) is 0 Å². The first kappa shape index (κ1) is 15.0. The summed E-state index contributed by atoms with van der Waals surface area (Å²) in [5.41, 5.74) is -0.311. The van der Waals surface area contributed by atoms with Gasteiger partial charge in [0, 0.05) is 12.0 Å². The van der Waals surface area contributed by atoms with E-state index < -0.39 is 15.4 Å². The van der Waals surface area contributed by atoms with E-state index in [1.165, 1.54) is 6.26 Å². The molecule has 1 unspecified atom stereocenters. The Kier molecular flexibility index (Phi) is 4.76. The lowest BCUT2D eigenvalue weighted by Gasteiger charge is -2.24. The molecule has 0 saturated carbocycles. The normalized spacial score (nSPS) is 15.1. The number of hydrogen-bond acceptors (Lipinski definition) is 4. The zero-order valence-corrected chi connectivity index (χ0v) is 11.8. The molecule has 1 N–H and O–H groups in total. The van der Waals surface area contributed by atoms with Crippen molar-refractivity contribution in [2.24, 2.45) is 0 Å². The van der Waals surface area contributed by atoms with Crippen molar-refractivity contribution in [1.29, 1.82) is 0 Å². The third-order valence-electron chi connectivity index (χ3n) is 2.87. The second-order valence-corrected chi connectivity index (χ2v) is 7.00. The fourth-order valence-corrected chi connectivity index (χ4v) is 2.45. The summed E-state index contributed by atoms with van der Waals surface area (Å²) in [6.45, 7) is 1.68. The van der Waals surface area contributed by atoms with Gasteiger partial charge < -0.3 is 9.84 Å². The Bertz CT molecular complexity index is 491. The van der Waals surface area contributed by atoms with Gasteiger partial charge in [-0.2, -0.15) is 0 Å². The van der Waals surface area contributed by atoms with Gasteiger partial charge in [-0.05, 0) is 37.5 Å². The Balaban J connectivity index is 2.73. The summed E-state index contributed by atoms with van der Waals surface area (Å²) in [5, 5.41) is 10.4. The predicted molar refractivity (Wildman–Crippen MR) is 71.5 cm³/mol. The predicted octanol–water partition coefficient (Wildman–Crippen LogP) is 1.73. The van der Waals surface area contributed by atoms with E-state index in [1.54, 1.807) is 32.2 Å². The molecule has 0 aliphatic rings. The van der Waals surface area contributed by atoms with Gasteiger partial charge >= 0.3 is 0 Å². The molecule has 0 bridgehead atoms. The van der Waals surface area contributed by atoms with Crippen molar-refractivity contribution >= 4 is 9.84 Å². The number of benzene rings is 1. The van der Waals surface area contributed by atoms with E-state index >= 15 is 0 Å². The van der Waals surface area contributed by atoms with E-state index in [4.69, 9.17) is 4.74 Å². The van der Waals surface area contributed by atoms with Gasteiger partial charge in [0.1, 0.15) is 15.6 Å². The van der Waals surface area contributed by atoms with Gasteiger partial charge in [0.05, 0.1) is 12.7 Å². The minimum atomic E-state index is -2.98. The van der Waals surface area contributed by atoms with Gasteiger partial charge in [-0.1, -0.05) is 12.1 Å². The molecule has 1 aromatic carbocycles. The van der Waals surface area contributed by atoms with Crippen molar-refractivity contribution in [3.8, 4) is 5.75 Å². The average Bonchev–Trinajstić information content (AvgIpc) is 2.27. The highest BCUT2D eigenvalue weighted by molar-refractivity contribution is 7.90. The molecule has 0 heterocycles. The van der Waals surface area contributed by atoms with Crippen LogP contribution in [0.2, 0.25) is 0 Å². The summed E-state index contributed by atoms with van der Waals surface area (Å²) >= 11 is 0. The number of hydrogen-bond donors (Lipinski definition) is 1. The first-order valence-corrected chi connectivity index (χ1v) is 7.85. The van der Waals surface area contributed by atoms with E-state index in [2.05, 4.69) is 0 Å². The van der Waals surface area contributed by atoms with Crippen molar-refractivity contribution in [3.63, 3.8) is 0 Å². The lowest BCUT2D eigenvalue weighted by Crippen LogP contribution is -2.22. The van der Waals surface area contributed by atoms with Gasteiger partial charge in [-0.15, -0.1) is 0 Å². The molecular weight excluding hydrogens is 252 g/mol. The van der Waals surface area contributed by atoms with E-state index in [0.717, 1.165) is 5.56 Å². The second kappa shape index (κ2) is 5.71. The molecule has 0 aliphatic heterocycles. The summed E-state index contributed by atoms with van der Waals surface area (Å²) in [6, 6.07) is 7.18. The van der Waals surface area contributed by atoms with Crippen LogP contribution in [0.15, 0.2) is 24.3 Å². The van der Waals surface area contributed by atoms with E-state index in [-0.39, 0.29) is 5.75 Å². The molecule has 1 aromatic rings. The summed E-state index contributed by atoms with van der Waals surface area (Å²) in [6.07, 6.45) is 2.03. The Morgan fingerprint density at radius 2 is 2.06 bits per heavy atom. The lowest BCUT2D eigenvalue weighted by molar-refractivity contribution is 0.0470. The van der Waals surface area contributed by atoms with Crippen LogP contribution in [0.3, 0.4) is 0 Å². The van der Waals surface area contributed by atoms with Gasteiger partial charge in [0.25, 0.3) is 0 Å². The molecule has 0 amide bonds. The van der Waals surface area contributed by atoms with Gasteiger partial charge in [-0.25, -0.2) is 8.42 Å². The molecule has 102 valence electrons. The molecule has 1 rings (SSSR count). The number of methoxy groups -OCH3 is 1. The van der Waals surface area contributed by atoms with Crippen LogP contribution < -0.4 is 4.74 Å². The maximum absolute atomic E-state index is 11.1. The van der Waals surface area contributed by atoms with Crippen molar-refractivity contribution in [3.05, 3.63) is 29.8 Å². The van der Waals surface area contributed by atoms with Gasteiger partial charge in [-0.3, -0.25) is 0 Å². The van der Waals surface area contributed by atoms with E-state index in [9.17, 15) is 13.5 Å². The highest BCUT2D eigenvalue weighted by Crippen LogP contribution is 2.28. The Morgan fingerprint density at radius 1 is 1.39 bits per heavy atom. The Labute approximate surface area is 109 Å². The monoisotopic (exact) mass is 272 g/mol. The average molecular weight is 272 g/mol. The molecular formula is C13H20O4S. The first-order chi connectivity index (χ1) is 8.24. The van der Waals surface area contributed by atoms with E-state index in [0.29, 0.717) is 18.6 Å². The Hall–Kier alpha value is -1.07. The van der Waals surface area contributed by atoms with Crippen molar-refractivity contribution < 1.29 is 18.3 Å². The molecule has 0 spiro atoms. The SMILES string of the molecule is COc1cccc(C(C)(O)CCCS(C)(=O)=O)c1. The van der Waals surface area contributed by atoms with Gasteiger partial charge in [0.2, 0.25) is 0 Å². The highest BCUT2D eigenvalue weighted by atomic mass is 32.2. The van der Waals surface area contributed by atoms with Crippen LogP contribution in [-0.4, -0.2) is 32.6 Å². The Morgan fingerprint density at radius 3 is 2.61 bits per heavy atom. The summed E-state index contributed by atoms with van der Waals surface area (Å²) < 4.78 is 27.2. The molecule has 5 heteroatoms. The number of sulfone groups is 1. The zero-order chi connectivity index (χ0) is 13.8. The molecule has 4 nitrogen and oxygen atoms in total. The first-order valence-electron chi connectivity index (χ1n) is 5.79. The number of aliphatic hydroxyl groups is 1. The fourth-order valence-electron chi connectivity index (χ4n) is 1.78. The molecule has 0 radical (unpaired) electrons. The molecule has 0 saturated heterocycles. The lowest BCUT2D eigenvalue weighted by atomic mass is 9.91. The van der Waals surface area contributed by atoms with Crippen LogP contribution >= 0.6 is 0 Å². The largest absolute Gasteiger partial charge is 0.497 e. The van der Waals surface area contributed by atoms with Crippen LogP contribution in [0.5, 0.6) is 5.75 Å². The summed E-state index contributed by atoms with van der Waals surface area (Å²) in [4.78, 5) is 0. The minimum absolute atomic E-state index is 0.0904. The standard InChI is InChI=1S/C13H20O4S/c1-13(14,8-5-9-18(3,15)16)11-6-4-7-12(10-11)17-2/h4,6-7,10,14H,5,8-9H2,1-3H3. The van der Waals surface area contributed by atoms with Crippen molar-refractivity contribution in [1.82, 2.24) is 0 Å². The third kappa shape index (κ3) is 4.66. The van der Waals surface area contributed by atoms with Crippen LogP contribution in [0.4, 0.5) is 0 Å². The molecule has 0 aromatic heterocycles. The maximum Gasteiger partial charge on any atom is 0.147 e. The van der Waals surface area contributed by atoms with Crippen LogP contribution in [-0.2, 0) is 15.4 Å². The maximum atomic E-state index is 11.1. The van der Waals surface area contributed by atoms with Crippen molar-refractivity contribution in [2.45, 2.75) is 25.4 Å². The minimum Gasteiger partial charge on any atom is -0.497 e. The fraction of sp³-hybridized carbons (Fsp3) is 0.538. The quantitative estimate of drug-likeness (QED) is 0.856. The topological polar surface area (TPSA) is 63.6 Å². The second-order valence-electron chi connectivity index (χ2n) is 4.74. The molecule has 0 fully saturated rings. The molecule has 0 aliphatic carbocycles. The number of ether oxygens (including phenoxy) is 1. The smallest absolute Gasteiger partial charge is 0.147 e. The van der Waals surface area contributed by atoms with Crippen molar-refractivity contribution in [2.75, 3.05) is 19.1 Å². The van der Waals surface area contributed by atoms with Gasteiger partial charge in [0.15, 0.2) is 0 Å². The molecule has 18 heavy (non-hydrogen) atoms. The number of rotatable bonds is 6. The van der Waals surface area contributed by atoms with E-state index in [1.807, 2.05) is 6.07 Å². The summed E-state index contributed by atoms with van der Waals surface area (Å²) in [7, 11) is -1.41. The summed E-state index contributed by atoms with van der Waals surface area (Å²) in [5.74, 6) is 0.767. The van der Waals surface area contributed by atoms with Crippen LogP contribution in [0.1, 0.15) is 25.3 Å². The molecule has 1 atom stereocenters.